The summed E-state index contributed by atoms with van der Waals surface area (Å²) in [5.41, 5.74) is 1.59. The molecule has 0 spiro atoms. The first-order valence-corrected chi connectivity index (χ1v) is 10.1. The van der Waals surface area contributed by atoms with Crippen LogP contribution in [0.1, 0.15) is 32.1 Å². The molecule has 2 aromatic rings. The van der Waals surface area contributed by atoms with Crippen LogP contribution in [0.3, 0.4) is 0 Å². The fourth-order valence-electron chi connectivity index (χ4n) is 2.45. The minimum absolute atomic E-state index is 0.0623. The summed E-state index contributed by atoms with van der Waals surface area (Å²) in [6.07, 6.45) is 6.70. The Balaban J connectivity index is 1.43. The first-order chi connectivity index (χ1) is 11.3. The predicted octanol–water partition coefficient (Wildman–Crippen LogP) is 3.31. The number of nitrogens with one attached hydrogen (secondary N) is 1. The van der Waals surface area contributed by atoms with Crippen LogP contribution in [-0.4, -0.2) is 37.1 Å². The van der Waals surface area contributed by atoms with Crippen LogP contribution in [0.4, 0.5) is 5.69 Å². The lowest BCUT2D eigenvalue weighted by Gasteiger charge is -2.08. The molecule has 1 aromatic heterocycles. The highest BCUT2D eigenvalue weighted by molar-refractivity contribution is 8.77. The van der Waals surface area contributed by atoms with Crippen LogP contribution in [-0.2, 0) is 4.79 Å². The molecular weight excluding hydrogens is 330 g/mol. The van der Waals surface area contributed by atoms with Gasteiger partial charge in [0.25, 0.3) is 0 Å². The molecule has 1 aliphatic heterocycles. The van der Waals surface area contributed by atoms with Crippen molar-refractivity contribution in [2.24, 2.45) is 0 Å². The zero-order valence-electron chi connectivity index (χ0n) is 12.7. The molecule has 1 aliphatic rings. The number of amides is 1. The molecule has 1 aromatic carbocycles. The smallest absolute Gasteiger partial charge is 0.224 e. The maximum Gasteiger partial charge on any atom is 0.224 e. The van der Waals surface area contributed by atoms with Gasteiger partial charge in [-0.1, -0.05) is 34.1 Å². The third kappa shape index (κ3) is 4.97. The highest BCUT2D eigenvalue weighted by Crippen LogP contribution is 2.39. The highest BCUT2D eigenvalue weighted by atomic mass is 33.1. The second kappa shape index (κ2) is 8.35. The van der Waals surface area contributed by atoms with Crippen molar-refractivity contribution in [1.29, 1.82) is 0 Å². The lowest BCUT2D eigenvalue weighted by molar-refractivity contribution is -0.116. The fraction of sp³-hybridized carbons (Fsp3) is 0.467. The van der Waals surface area contributed by atoms with Gasteiger partial charge in [-0.3, -0.25) is 4.79 Å². The van der Waals surface area contributed by atoms with Gasteiger partial charge in [-0.2, -0.15) is 0 Å². The van der Waals surface area contributed by atoms with Crippen molar-refractivity contribution in [3.8, 4) is 5.69 Å². The van der Waals surface area contributed by atoms with E-state index in [4.69, 9.17) is 0 Å². The summed E-state index contributed by atoms with van der Waals surface area (Å²) in [6.45, 7) is 0. The fourth-order valence-corrected chi connectivity index (χ4v) is 5.48. The standard InChI is InChI=1S/C15H19N5OS2/c21-15(7-2-1-6-14-8-9-22-23-14)17-12-4-3-5-13(10-12)20-11-16-18-19-20/h3-5,10-11,14H,1-2,6-9H2,(H,17,21)/t14-/m0/s1. The van der Waals surface area contributed by atoms with E-state index in [2.05, 4.69) is 20.8 Å². The van der Waals surface area contributed by atoms with Crippen LogP contribution in [0.15, 0.2) is 30.6 Å². The van der Waals surface area contributed by atoms with Crippen LogP contribution in [0.25, 0.3) is 5.69 Å². The SMILES string of the molecule is O=C(CCCC[C@H]1CCSS1)Nc1cccc(-n2cnnn2)c1. The quantitative estimate of drug-likeness (QED) is 0.611. The van der Waals surface area contributed by atoms with Gasteiger partial charge < -0.3 is 5.32 Å². The third-order valence-corrected chi connectivity index (χ3v) is 6.66. The average molecular weight is 349 g/mol. The number of carbonyl (C=O) groups excluding carboxylic acids is 1. The number of carbonyl (C=O) groups is 1. The number of unbranched alkanes of at least 4 members (excludes halogenated alkanes) is 1. The van der Waals surface area contributed by atoms with Gasteiger partial charge in [0.15, 0.2) is 0 Å². The minimum Gasteiger partial charge on any atom is -0.326 e. The predicted molar refractivity (Wildman–Crippen MR) is 94.7 cm³/mol. The maximum atomic E-state index is 12.0. The lowest BCUT2D eigenvalue weighted by Crippen LogP contribution is -2.11. The van der Waals surface area contributed by atoms with Gasteiger partial charge in [-0.05, 0) is 47.9 Å². The summed E-state index contributed by atoms with van der Waals surface area (Å²) in [4.78, 5) is 12.0. The second-order valence-corrected chi connectivity index (χ2v) is 8.22. The van der Waals surface area contributed by atoms with Crippen LogP contribution in [0.2, 0.25) is 0 Å². The molecule has 0 saturated carbocycles. The number of rotatable bonds is 7. The molecule has 1 amide bonds. The Morgan fingerprint density at radius 2 is 2.35 bits per heavy atom. The molecule has 0 aliphatic carbocycles. The Morgan fingerprint density at radius 1 is 1.39 bits per heavy atom. The third-order valence-electron chi connectivity index (χ3n) is 3.65. The second-order valence-electron chi connectivity index (χ2n) is 5.43. The van der Waals surface area contributed by atoms with E-state index in [0.29, 0.717) is 6.42 Å². The topological polar surface area (TPSA) is 72.7 Å². The van der Waals surface area contributed by atoms with E-state index in [9.17, 15) is 4.79 Å². The molecule has 2 heterocycles. The molecule has 1 saturated heterocycles. The Hall–Kier alpha value is -1.54. The largest absolute Gasteiger partial charge is 0.326 e. The van der Waals surface area contributed by atoms with E-state index in [0.717, 1.165) is 29.5 Å². The molecule has 1 N–H and O–H groups in total. The van der Waals surface area contributed by atoms with E-state index in [1.165, 1.54) is 24.9 Å². The zero-order chi connectivity index (χ0) is 15.9. The number of hydrogen-bond acceptors (Lipinski definition) is 6. The maximum absolute atomic E-state index is 12.0. The molecular formula is C15H19N5OS2. The molecule has 122 valence electrons. The number of benzene rings is 1. The van der Waals surface area contributed by atoms with Gasteiger partial charge in [-0.25, -0.2) is 4.68 Å². The normalized spacial score (nSPS) is 17.3. The van der Waals surface area contributed by atoms with Gasteiger partial charge in [0, 0.05) is 23.1 Å². The molecule has 8 heteroatoms. The molecule has 0 unspecified atom stereocenters. The van der Waals surface area contributed by atoms with Gasteiger partial charge in [0.05, 0.1) is 5.69 Å². The van der Waals surface area contributed by atoms with Crippen LogP contribution in [0, 0.1) is 0 Å². The number of tetrazole rings is 1. The molecule has 6 nitrogen and oxygen atoms in total. The molecule has 1 atom stereocenters. The van der Waals surface area contributed by atoms with Crippen molar-refractivity contribution in [3.05, 3.63) is 30.6 Å². The molecule has 3 rings (SSSR count). The van der Waals surface area contributed by atoms with Crippen molar-refractivity contribution in [2.45, 2.75) is 37.4 Å². The molecule has 0 bridgehead atoms. The van der Waals surface area contributed by atoms with E-state index in [1.807, 2.05) is 45.9 Å². The van der Waals surface area contributed by atoms with E-state index in [1.54, 1.807) is 4.68 Å². The van der Waals surface area contributed by atoms with Crippen LogP contribution >= 0.6 is 21.6 Å². The molecule has 0 radical (unpaired) electrons. The monoisotopic (exact) mass is 349 g/mol. The summed E-state index contributed by atoms with van der Waals surface area (Å²) >= 11 is 0. The number of anilines is 1. The van der Waals surface area contributed by atoms with Crippen LogP contribution < -0.4 is 5.32 Å². The number of hydrogen-bond donors (Lipinski definition) is 1. The van der Waals surface area contributed by atoms with Gasteiger partial charge >= 0.3 is 0 Å². The Labute approximate surface area is 143 Å². The minimum atomic E-state index is 0.0623. The van der Waals surface area contributed by atoms with Crippen molar-refractivity contribution >= 4 is 33.2 Å². The summed E-state index contributed by atoms with van der Waals surface area (Å²) in [6, 6.07) is 7.50. The average Bonchev–Trinajstić information content (AvgIpc) is 3.25. The molecule has 23 heavy (non-hydrogen) atoms. The van der Waals surface area contributed by atoms with Gasteiger partial charge in [-0.15, -0.1) is 5.10 Å². The van der Waals surface area contributed by atoms with E-state index >= 15 is 0 Å². The van der Waals surface area contributed by atoms with Gasteiger partial charge in [0.2, 0.25) is 5.91 Å². The van der Waals surface area contributed by atoms with E-state index < -0.39 is 0 Å². The molecule has 1 fully saturated rings. The van der Waals surface area contributed by atoms with Crippen molar-refractivity contribution in [2.75, 3.05) is 11.1 Å². The summed E-state index contributed by atoms with van der Waals surface area (Å²) in [5, 5.41) is 14.8. The first-order valence-electron chi connectivity index (χ1n) is 7.73. The van der Waals surface area contributed by atoms with Crippen LogP contribution in [0.5, 0.6) is 0 Å². The zero-order valence-corrected chi connectivity index (χ0v) is 14.4. The number of nitrogens with zero attached hydrogens (tertiary/aromatic N) is 4. The first kappa shape index (κ1) is 16.3. The lowest BCUT2D eigenvalue weighted by atomic mass is 10.1. The summed E-state index contributed by atoms with van der Waals surface area (Å²) in [7, 11) is 3.97. The Bertz CT molecular complexity index is 629. The summed E-state index contributed by atoms with van der Waals surface area (Å²) in [5.74, 6) is 1.33. The summed E-state index contributed by atoms with van der Waals surface area (Å²) < 4.78 is 1.56. The van der Waals surface area contributed by atoms with Crippen molar-refractivity contribution in [3.63, 3.8) is 0 Å². The Morgan fingerprint density at radius 3 is 3.13 bits per heavy atom. The van der Waals surface area contributed by atoms with Gasteiger partial charge in [0.1, 0.15) is 6.33 Å². The Kier molecular flexibility index (Phi) is 5.93. The van der Waals surface area contributed by atoms with Crippen molar-refractivity contribution in [1.82, 2.24) is 20.2 Å². The van der Waals surface area contributed by atoms with E-state index in [-0.39, 0.29) is 5.91 Å². The highest BCUT2D eigenvalue weighted by Gasteiger charge is 2.15. The number of aromatic nitrogens is 4. The van der Waals surface area contributed by atoms with Crippen molar-refractivity contribution < 1.29 is 4.79 Å².